The van der Waals surface area contributed by atoms with Gasteiger partial charge in [0.25, 0.3) is 0 Å². The average Bonchev–Trinajstić information content (AvgIpc) is 2.43. The SMILES string of the molecule is Nc1cccc2c1CCN(Cc1c(F)cccc1Cl)C2. The molecule has 0 amide bonds. The lowest BCUT2D eigenvalue weighted by atomic mass is 9.97. The van der Waals surface area contributed by atoms with Crippen molar-refractivity contribution < 1.29 is 4.39 Å². The third-order valence-electron chi connectivity index (χ3n) is 3.82. The van der Waals surface area contributed by atoms with Crippen molar-refractivity contribution in [1.82, 2.24) is 4.90 Å². The van der Waals surface area contributed by atoms with Gasteiger partial charge in [0.15, 0.2) is 0 Å². The van der Waals surface area contributed by atoms with Crippen molar-refractivity contribution in [2.75, 3.05) is 12.3 Å². The Bertz CT molecular complexity index is 622. The van der Waals surface area contributed by atoms with Crippen LogP contribution in [0.3, 0.4) is 0 Å². The maximum absolute atomic E-state index is 13.8. The van der Waals surface area contributed by atoms with E-state index < -0.39 is 0 Å². The maximum Gasteiger partial charge on any atom is 0.129 e. The second-order valence-electron chi connectivity index (χ2n) is 5.15. The average molecular weight is 291 g/mol. The number of hydrogen-bond acceptors (Lipinski definition) is 2. The fourth-order valence-corrected chi connectivity index (χ4v) is 2.96. The predicted octanol–water partition coefficient (Wildman–Crippen LogP) is 3.62. The molecular formula is C16H16ClFN2. The number of rotatable bonds is 2. The molecule has 4 heteroatoms. The Balaban J connectivity index is 1.81. The van der Waals surface area contributed by atoms with Crippen LogP contribution in [0, 0.1) is 5.82 Å². The highest BCUT2D eigenvalue weighted by molar-refractivity contribution is 6.31. The second-order valence-corrected chi connectivity index (χ2v) is 5.55. The first kappa shape index (κ1) is 13.4. The van der Waals surface area contributed by atoms with Gasteiger partial charge in [-0.3, -0.25) is 4.90 Å². The van der Waals surface area contributed by atoms with Crippen LogP contribution in [0.1, 0.15) is 16.7 Å². The summed E-state index contributed by atoms with van der Waals surface area (Å²) in [6.45, 7) is 2.18. The van der Waals surface area contributed by atoms with Crippen molar-refractivity contribution in [3.05, 3.63) is 63.9 Å². The number of halogens is 2. The third-order valence-corrected chi connectivity index (χ3v) is 4.18. The van der Waals surface area contributed by atoms with Crippen LogP contribution in [-0.2, 0) is 19.5 Å². The third kappa shape index (κ3) is 2.51. The number of benzene rings is 2. The van der Waals surface area contributed by atoms with E-state index in [9.17, 15) is 4.39 Å². The zero-order valence-corrected chi connectivity index (χ0v) is 11.8. The summed E-state index contributed by atoms with van der Waals surface area (Å²) in [5.41, 5.74) is 9.86. The molecule has 2 aromatic carbocycles. The summed E-state index contributed by atoms with van der Waals surface area (Å²) >= 11 is 6.09. The molecule has 0 spiro atoms. The largest absolute Gasteiger partial charge is 0.398 e. The van der Waals surface area contributed by atoms with Gasteiger partial charge < -0.3 is 5.73 Å². The summed E-state index contributed by atoms with van der Waals surface area (Å²) in [5.74, 6) is -0.240. The summed E-state index contributed by atoms with van der Waals surface area (Å²) in [4.78, 5) is 2.20. The lowest BCUT2D eigenvalue weighted by molar-refractivity contribution is 0.242. The van der Waals surface area contributed by atoms with Crippen molar-refractivity contribution >= 4 is 17.3 Å². The van der Waals surface area contributed by atoms with Gasteiger partial charge in [-0.2, -0.15) is 0 Å². The summed E-state index contributed by atoms with van der Waals surface area (Å²) in [7, 11) is 0. The van der Waals surface area contributed by atoms with E-state index in [1.54, 1.807) is 12.1 Å². The molecule has 20 heavy (non-hydrogen) atoms. The molecule has 0 aliphatic carbocycles. The molecule has 0 aromatic heterocycles. The Labute approximate surface area is 123 Å². The molecule has 0 bridgehead atoms. The van der Waals surface area contributed by atoms with E-state index in [1.807, 2.05) is 12.1 Å². The van der Waals surface area contributed by atoms with Gasteiger partial charge in [0, 0.05) is 35.9 Å². The fraction of sp³-hybridized carbons (Fsp3) is 0.250. The van der Waals surface area contributed by atoms with Crippen LogP contribution in [-0.4, -0.2) is 11.4 Å². The Morgan fingerprint density at radius 2 is 2.00 bits per heavy atom. The first-order chi connectivity index (χ1) is 9.65. The van der Waals surface area contributed by atoms with E-state index in [0.717, 1.165) is 25.2 Å². The zero-order valence-electron chi connectivity index (χ0n) is 11.1. The molecule has 2 nitrogen and oxygen atoms in total. The normalized spacial score (nSPS) is 15.1. The van der Waals surface area contributed by atoms with Gasteiger partial charge in [0.05, 0.1) is 0 Å². The quantitative estimate of drug-likeness (QED) is 0.856. The lowest BCUT2D eigenvalue weighted by Crippen LogP contribution is -2.31. The first-order valence-corrected chi connectivity index (χ1v) is 7.04. The van der Waals surface area contributed by atoms with E-state index in [1.165, 1.54) is 17.2 Å². The van der Waals surface area contributed by atoms with Crippen LogP contribution in [0.5, 0.6) is 0 Å². The summed E-state index contributed by atoms with van der Waals surface area (Å²) in [6, 6.07) is 10.8. The van der Waals surface area contributed by atoms with Gasteiger partial charge in [-0.15, -0.1) is 0 Å². The molecular weight excluding hydrogens is 275 g/mol. The Hall–Kier alpha value is -1.58. The van der Waals surface area contributed by atoms with E-state index in [0.29, 0.717) is 17.1 Å². The monoisotopic (exact) mass is 290 g/mol. The molecule has 104 valence electrons. The molecule has 1 aliphatic heterocycles. The van der Waals surface area contributed by atoms with Crippen LogP contribution < -0.4 is 5.73 Å². The van der Waals surface area contributed by atoms with Gasteiger partial charge in [-0.25, -0.2) is 4.39 Å². The summed E-state index contributed by atoms with van der Waals surface area (Å²) in [5, 5.41) is 0.489. The van der Waals surface area contributed by atoms with Crippen LogP contribution in [0.15, 0.2) is 36.4 Å². The van der Waals surface area contributed by atoms with Crippen LogP contribution in [0.4, 0.5) is 10.1 Å². The number of nitrogen functional groups attached to an aromatic ring is 1. The number of fused-ring (bicyclic) bond motifs is 1. The molecule has 0 radical (unpaired) electrons. The van der Waals surface area contributed by atoms with Crippen molar-refractivity contribution in [1.29, 1.82) is 0 Å². The molecule has 3 rings (SSSR count). The molecule has 0 atom stereocenters. The van der Waals surface area contributed by atoms with Gasteiger partial charge in [0.2, 0.25) is 0 Å². The molecule has 1 aliphatic rings. The van der Waals surface area contributed by atoms with Gasteiger partial charge in [-0.05, 0) is 35.7 Å². The van der Waals surface area contributed by atoms with Crippen molar-refractivity contribution in [2.45, 2.75) is 19.5 Å². The highest BCUT2D eigenvalue weighted by Gasteiger charge is 2.19. The van der Waals surface area contributed by atoms with E-state index in [2.05, 4.69) is 11.0 Å². The molecule has 0 saturated carbocycles. The molecule has 0 unspecified atom stereocenters. The number of hydrogen-bond donors (Lipinski definition) is 1. The van der Waals surface area contributed by atoms with Crippen LogP contribution in [0.25, 0.3) is 0 Å². The molecule has 0 fully saturated rings. The number of anilines is 1. The minimum absolute atomic E-state index is 0.240. The topological polar surface area (TPSA) is 29.3 Å². The van der Waals surface area contributed by atoms with Crippen LogP contribution >= 0.6 is 11.6 Å². The number of nitrogens with zero attached hydrogens (tertiary/aromatic N) is 1. The summed E-state index contributed by atoms with van der Waals surface area (Å²) in [6.07, 6.45) is 0.897. The Kier molecular flexibility index (Phi) is 3.64. The smallest absolute Gasteiger partial charge is 0.129 e. The predicted molar refractivity (Wildman–Crippen MR) is 80.1 cm³/mol. The van der Waals surface area contributed by atoms with E-state index in [4.69, 9.17) is 17.3 Å². The molecule has 2 N–H and O–H groups in total. The standard InChI is InChI=1S/C16H16ClFN2/c17-14-4-2-5-15(18)13(14)10-20-8-7-12-11(9-20)3-1-6-16(12)19/h1-6H,7-10,19H2. The second kappa shape index (κ2) is 5.43. The number of nitrogens with two attached hydrogens (primary N) is 1. The first-order valence-electron chi connectivity index (χ1n) is 6.66. The highest BCUT2D eigenvalue weighted by atomic mass is 35.5. The van der Waals surface area contributed by atoms with E-state index in [-0.39, 0.29) is 5.82 Å². The van der Waals surface area contributed by atoms with Crippen LogP contribution in [0.2, 0.25) is 5.02 Å². The molecule has 1 heterocycles. The summed E-state index contributed by atoms with van der Waals surface area (Å²) < 4.78 is 13.8. The minimum atomic E-state index is -0.240. The lowest BCUT2D eigenvalue weighted by Gasteiger charge is -2.29. The van der Waals surface area contributed by atoms with Gasteiger partial charge in [-0.1, -0.05) is 29.8 Å². The molecule has 2 aromatic rings. The van der Waals surface area contributed by atoms with E-state index >= 15 is 0 Å². The zero-order chi connectivity index (χ0) is 14.1. The van der Waals surface area contributed by atoms with Crippen molar-refractivity contribution in [3.8, 4) is 0 Å². The van der Waals surface area contributed by atoms with Gasteiger partial charge in [0.1, 0.15) is 5.82 Å². The molecule has 0 saturated heterocycles. The maximum atomic E-state index is 13.8. The minimum Gasteiger partial charge on any atom is -0.398 e. The fourth-order valence-electron chi connectivity index (χ4n) is 2.74. The van der Waals surface area contributed by atoms with Crippen molar-refractivity contribution in [2.24, 2.45) is 0 Å². The Morgan fingerprint density at radius 3 is 2.80 bits per heavy atom. The highest BCUT2D eigenvalue weighted by Crippen LogP contribution is 2.27. The van der Waals surface area contributed by atoms with Crippen molar-refractivity contribution in [3.63, 3.8) is 0 Å². The Morgan fingerprint density at radius 1 is 1.20 bits per heavy atom. The van der Waals surface area contributed by atoms with Gasteiger partial charge >= 0.3 is 0 Å².